The predicted octanol–water partition coefficient (Wildman–Crippen LogP) is 2.05. The molecule has 1 N–H and O–H groups in total. The van der Waals surface area contributed by atoms with E-state index in [0.717, 1.165) is 18.2 Å². The molecular weight excluding hydrogens is 266 g/mol. The minimum atomic E-state index is -0.961. The Hall–Kier alpha value is -1.69. The van der Waals surface area contributed by atoms with Gasteiger partial charge in [-0.05, 0) is 26.2 Å². The van der Waals surface area contributed by atoms with Gasteiger partial charge in [0.05, 0.1) is 11.6 Å². The van der Waals surface area contributed by atoms with Gasteiger partial charge in [-0.2, -0.15) is 0 Å². The summed E-state index contributed by atoms with van der Waals surface area (Å²) in [5, 5.41) is 8.97. The molecule has 0 bridgehead atoms. The molecule has 0 aliphatic carbocycles. The highest BCUT2D eigenvalue weighted by Gasteiger charge is 2.19. The van der Waals surface area contributed by atoms with Crippen LogP contribution in [0.1, 0.15) is 6.92 Å². The van der Waals surface area contributed by atoms with Crippen LogP contribution in [-0.4, -0.2) is 49.7 Å². The molecule has 0 aliphatic rings. The third-order valence-corrected chi connectivity index (χ3v) is 2.98. The Labute approximate surface area is 117 Å². The lowest BCUT2D eigenvalue weighted by Crippen LogP contribution is -2.37. The van der Waals surface area contributed by atoms with Crippen molar-refractivity contribution in [3.05, 3.63) is 29.8 Å². The normalized spacial score (nSPS) is 12.5. The lowest BCUT2D eigenvalue weighted by atomic mass is 10.1. The van der Waals surface area contributed by atoms with Crippen molar-refractivity contribution in [2.45, 2.75) is 6.92 Å². The number of carboxylic acids is 1. The summed E-state index contributed by atoms with van der Waals surface area (Å²) < 4.78 is 27.1. The highest BCUT2D eigenvalue weighted by atomic mass is 19.1. The molecule has 1 aromatic carbocycles. The molecule has 0 radical (unpaired) electrons. The van der Waals surface area contributed by atoms with Gasteiger partial charge in [0, 0.05) is 25.7 Å². The van der Waals surface area contributed by atoms with Crippen molar-refractivity contribution in [3.8, 4) is 0 Å². The molecule has 1 atom stereocenters. The molecule has 20 heavy (non-hydrogen) atoms. The van der Waals surface area contributed by atoms with Gasteiger partial charge in [0.2, 0.25) is 0 Å². The summed E-state index contributed by atoms with van der Waals surface area (Å²) in [5.74, 6) is -2.72. The third kappa shape index (κ3) is 4.77. The van der Waals surface area contributed by atoms with E-state index in [1.165, 1.54) is 0 Å². The second-order valence-electron chi connectivity index (χ2n) is 5.08. The van der Waals surface area contributed by atoms with Gasteiger partial charge in [-0.25, -0.2) is 8.78 Å². The topological polar surface area (TPSA) is 43.8 Å². The zero-order chi connectivity index (χ0) is 15.3. The van der Waals surface area contributed by atoms with Crippen molar-refractivity contribution in [3.63, 3.8) is 0 Å². The van der Waals surface area contributed by atoms with Gasteiger partial charge >= 0.3 is 5.97 Å². The SMILES string of the molecule is CC(CN(CCN(C)C)c1cc(F)ccc1F)C(=O)O. The number of carbonyl (C=O) groups is 1. The van der Waals surface area contributed by atoms with Crippen LogP contribution in [0.5, 0.6) is 0 Å². The van der Waals surface area contributed by atoms with Crippen LogP contribution in [0.2, 0.25) is 0 Å². The Morgan fingerprint density at radius 3 is 2.50 bits per heavy atom. The number of nitrogens with zero attached hydrogens (tertiary/aromatic N) is 2. The van der Waals surface area contributed by atoms with Crippen molar-refractivity contribution < 1.29 is 18.7 Å². The molecule has 0 heterocycles. The average Bonchev–Trinajstić information content (AvgIpc) is 2.36. The largest absolute Gasteiger partial charge is 0.481 e. The van der Waals surface area contributed by atoms with Crippen LogP contribution in [0, 0.1) is 17.6 Å². The molecule has 0 saturated heterocycles. The van der Waals surface area contributed by atoms with E-state index in [1.807, 2.05) is 19.0 Å². The number of benzene rings is 1. The number of aliphatic carboxylic acids is 1. The van der Waals surface area contributed by atoms with E-state index >= 15 is 0 Å². The molecule has 112 valence electrons. The summed E-state index contributed by atoms with van der Waals surface area (Å²) in [7, 11) is 3.72. The molecule has 0 spiro atoms. The molecular formula is C14H20F2N2O2. The van der Waals surface area contributed by atoms with Crippen molar-refractivity contribution in [2.75, 3.05) is 38.6 Å². The zero-order valence-corrected chi connectivity index (χ0v) is 11.9. The molecule has 0 saturated carbocycles. The van der Waals surface area contributed by atoms with Crippen LogP contribution < -0.4 is 4.90 Å². The second kappa shape index (κ2) is 7.19. The highest BCUT2D eigenvalue weighted by Crippen LogP contribution is 2.21. The molecule has 0 aromatic heterocycles. The van der Waals surface area contributed by atoms with E-state index in [-0.39, 0.29) is 12.2 Å². The number of halogens is 2. The van der Waals surface area contributed by atoms with E-state index in [9.17, 15) is 13.6 Å². The van der Waals surface area contributed by atoms with E-state index in [4.69, 9.17) is 5.11 Å². The summed E-state index contributed by atoms with van der Waals surface area (Å²) >= 11 is 0. The molecule has 0 amide bonds. The van der Waals surface area contributed by atoms with Gasteiger partial charge in [0.25, 0.3) is 0 Å². The Morgan fingerprint density at radius 2 is 1.95 bits per heavy atom. The number of anilines is 1. The van der Waals surface area contributed by atoms with E-state index in [2.05, 4.69) is 0 Å². The van der Waals surface area contributed by atoms with Crippen molar-refractivity contribution in [1.29, 1.82) is 0 Å². The molecule has 0 aliphatic heterocycles. The van der Waals surface area contributed by atoms with Crippen LogP contribution in [0.3, 0.4) is 0 Å². The predicted molar refractivity (Wildman–Crippen MR) is 73.9 cm³/mol. The van der Waals surface area contributed by atoms with Crippen LogP contribution in [0.25, 0.3) is 0 Å². The average molecular weight is 286 g/mol. The Kier molecular flexibility index (Phi) is 5.88. The van der Waals surface area contributed by atoms with Crippen molar-refractivity contribution >= 4 is 11.7 Å². The van der Waals surface area contributed by atoms with Gasteiger partial charge in [0.1, 0.15) is 11.6 Å². The molecule has 1 unspecified atom stereocenters. The van der Waals surface area contributed by atoms with Crippen molar-refractivity contribution in [1.82, 2.24) is 4.90 Å². The summed E-state index contributed by atoms with van der Waals surface area (Å²) in [4.78, 5) is 14.4. The number of rotatable bonds is 7. The van der Waals surface area contributed by atoms with Crippen LogP contribution >= 0.6 is 0 Å². The maximum atomic E-state index is 13.8. The van der Waals surface area contributed by atoms with Gasteiger partial charge in [0.15, 0.2) is 0 Å². The third-order valence-electron chi connectivity index (χ3n) is 2.98. The second-order valence-corrected chi connectivity index (χ2v) is 5.08. The first-order valence-electron chi connectivity index (χ1n) is 6.38. The molecule has 1 aromatic rings. The fraction of sp³-hybridized carbons (Fsp3) is 0.500. The maximum absolute atomic E-state index is 13.8. The quantitative estimate of drug-likeness (QED) is 0.833. The zero-order valence-electron chi connectivity index (χ0n) is 11.9. The maximum Gasteiger partial charge on any atom is 0.308 e. The lowest BCUT2D eigenvalue weighted by Gasteiger charge is -2.28. The van der Waals surface area contributed by atoms with Gasteiger partial charge in [-0.1, -0.05) is 6.92 Å². The summed E-state index contributed by atoms with van der Waals surface area (Å²) in [5.41, 5.74) is 0.0972. The molecule has 4 nitrogen and oxygen atoms in total. The van der Waals surface area contributed by atoms with Gasteiger partial charge in [-0.3, -0.25) is 4.79 Å². The first-order valence-corrected chi connectivity index (χ1v) is 6.38. The van der Waals surface area contributed by atoms with Crippen LogP contribution in [0.15, 0.2) is 18.2 Å². The minimum absolute atomic E-state index is 0.0972. The Bertz CT molecular complexity index is 466. The van der Waals surface area contributed by atoms with E-state index in [0.29, 0.717) is 13.1 Å². The van der Waals surface area contributed by atoms with Gasteiger partial charge in [-0.15, -0.1) is 0 Å². The van der Waals surface area contributed by atoms with Crippen LogP contribution in [-0.2, 0) is 4.79 Å². The summed E-state index contributed by atoms with van der Waals surface area (Å²) in [6, 6.07) is 3.20. The highest BCUT2D eigenvalue weighted by molar-refractivity contribution is 5.70. The Balaban J connectivity index is 2.96. The van der Waals surface area contributed by atoms with Crippen molar-refractivity contribution in [2.24, 2.45) is 5.92 Å². The lowest BCUT2D eigenvalue weighted by molar-refractivity contribution is -0.140. The van der Waals surface area contributed by atoms with Gasteiger partial charge < -0.3 is 14.9 Å². The van der Waals surface area contributed by atoms with E-state index < -0.39 is 23.5 Å². The first-order chi connectivity index (χ1) is 9.31. The fourth-order valence-electron chi connectivity index (χ4n) is 1.77. The number of hydrogen-bond acceptors (Lipinski definition) is 3. The summed E-state index contributed by atoms with van der Waals surface area (Å²) in [6.07, 6.45) is 0. The molecule has 6 heteroatoms. The monoisotopic (exact) mass is 286 g/mol. The number of carboxylic acid groups (broad SMARTS) is 1. The standard InChI is InChI=1S/C14H20F2N2O2/c1-10(14(19)20)9-18(7-6-17(2)3)13-8-11(15)4-5-12(13)16/h4-5,8,10H,6-7,9H2,1-3H3,(H,19,20). The van der Waals surface area contributed by atoms with Crippen LogP contribution in [0.4, 0.5) is 14.5 Å². The summed E-state index contributed by atoms with van der Waals surface area (Å²) in [6.45, 7) is 2.71. The first kappa shape index (κ1) is 16.4. The smallest absolute Gasteiger partial charge is 0.308 e. The fourth-order valence-corrected chi connectivity index (χ4v) is 1.77. The Morgan fingerprint density at radius 1 is 1.30 bits per heavy atom. The van der Waals surface area contributed by atoms with E-state index in [1.54, 1.807) is 11.8 Å². The molecule has 0 fully saturated rings. The number of hydrogen-bond donors (Lipinski definition) is 1. The minimum Gasteiger partial charge on any atom is -0.481 e. The number of likely N-dealkylation sites (N-methyl/N-ethyl adjacent to an activating group) is 1. The molecule has 1 rings (SSSR count).